The maximum atomic E-state index is 12.8. The van der Waals surface area contributed by atoms with Crippen molar-refractivity contribution in [1.82, 2.24) is 5.32 Å². The number of hydrogen-bond donors (Lipinski definition) is 4. The number of thiol groups is 1. The van der Waals surface area contributed by atoms with Gasteiger partial charge in [0.15, 0.2) is 0 Å². The van der Waals surface area contributed by atoms with Crippen LogP contribution in [-0.2, 0) is 4.79 Å². The highest BCUT2D eigenvalue weighted by atomic mass is 32.2. The molecule has 0 saturated heterocycles. The van der Waals surface area contributed by atoms with Gasteiger partial charge in [-0.25, -0.2) is 4.79 Å². The molecule has 27 heavy (non-hydrogen) atoms. The molecular formula is C19H30N2O4S2. The van der Waals surface area contributed by atoms with E-state index in [2.05, 4.69) is 17.9 Å². The van der Waals surface area contributed by atoms with Gasteiger partial charge in [0.2, 0.25) is 0 Å². The molecule has 1 amide bonds. The Balaban J connectivity index is 2.95. The van der Waals surface area contributed by atoms with Crippen molar-refractivity contribution in [3.05, 3.63) is 29.3 Å². The summed E-state index contributed by atoms with van der Waals surface area (Å²) < 4.78 is 5.71. The van der Waals surface area contributed by atoms with Gasteiger partial charge in [0.1, 0.15) is 11.8 Å². The maximum Gasteiger partial charge on any atom is 0.326 e. The van der Waals surface area contributed by atoms with Crippen molar-refractivity contribution in [3.8, 4) is 5.75 Å². The minimum atomic E-state index is -1.03. The first-order valence-electron chi connectivity index (χ1n) is 8.95. The van der Waals surface area contributed by atoms with E-state index in [1.54, 1.807) is 17.8 Å². The summed E-state index contributed by atoms with van der Waals surface area (Å²) in [6.07, 6.45) is 2.93. The molecule has 2 unspecified atom stereocenters. The van der Waals surface area contributed by atoms with E-state index in [0.29, 0.717) is 42.3 Å². The van der Waals surface area contributed by atoms with Crippen LogP contribution in [0.2, 0.25) is 0 Å². The Kier molecular flexibility index (Phi) is 10.6. The van der Waals surface area contributed by atoms with Gasteiger partial charge in [-0.1, -0.05) is 19.9 Å². The highest BCUT2D eigenvalue weighted by Gasteiger charge is 2.23. The van der Waals surface area contributed by atoms with Crippen LogP contribution < -0.4 is 15.8 Å². The second-order valence-electron chi connectivity index (χ2n) is 6.63. The molecule has 0 fully saturated rings. The quantitative estimate of drug-likeness (QED) is 0.392. The summed E-state index contributed by atoms with van der Waals surface area (Å²) in [4.78, 5) is 24.2. The summed E-state index contributed by atoms with van der Waals surface area (Å²) in [5, 5.41) is 12.0. The smallest absolute Gasteiger partial charge is 0.326 e. The number of thioether (sulfide) groups is 1. The van der Waals surface area contributed by atoms with Crippen molar-refractivity contribution in [2.45, 2.75) is 44.7 Å². The van der Waals surface area contributed by atoms with Crippen LogP contribution in [-0.4, -0.2) is 53.4 Å². The summed E-state index contributed by atoms with van der Waals surface area (Å²) in [6, 6.07) is 4.39. The van der Waals surface area contributed by atoms with Crippen molar-refractivity contribution in [1.29, 1.82) is 0 Å². The van der Waals surface area contributed by atoms with Crippen LogP contribution in [0.25, 0.3) is 0 Å². The molecule has 0 aliphatic rings. The van der Waals surface area contributed by atoms with E-state index in [1.165, 1.54) is 0 Å². The van der Waals surface area contributed by atoms with E-state index in [4.69, 9.17) is 10.5 Å². The number of nitrogens with one attached hydrogen (secondary N) is 1. The summed E-state index contributed by atoms with van der Waals surface area (Å²) in [7, 11) is 0. The second-order valence-corrected chi connectivity index (χ2v) is 7.98. The van der Waals surface area contributed by atoms with Gasteiger partial charge in [0, 0.05) is 17.4 Å². The van der Waals surface area contributed by atoms with Crippen LogP contribution in [0.5, 0.6) is 5.75 Å². The average Bonchev–Trinajstić information content (AvgIpc) is 2.64. The van der Waals surface area contributed by atoms with E-state index < -0.39 is 17.9 Å². The number of carbonyl (C=O) groups excluding carboxylic acids is 1. The first-order chi connectivity index (χ1) is 12.8. The topological polar surface area (TPSA) is 102 Å². The van der Waals surface area contributed by atoms with Gasteiger partial charge in [-0.15, -0.1) is 0 Å². The number of benzene rings is 1. The molecule has 1 aromatic carbocycles. The van der Waals surface area contributed by atoms with Gasteiger partial charge in [-0.2, -0.15) is 24.4 Å². The molecule has 0 heterocycles. The monoisotopic (exact) mass is 414 g/mol. The van der Waals surface area contributed by atoms with E-state index in [1.807, 2.05) is 32.2 Å². The van der Waals surface area contributed by atoms with E-state index >= 15 is 0 Å². The van der Waals surface area contributed by atoms with Gasteiger partial charge in [0.25, 0.3) is 5.91 Å². The van der Waals surface area contributed by atoms with Gasteiger partial charge in [-0.05, 0) is 48.5 Å². The standard InChI is InChI=1S/C19H30N2O4S2/c1-12(2)15-5-4-14(25-8-6-13(20)11-26)10-16(15)18(22)21-17(19(23)24)7-9-27-3/h4-5,10,12-13,17,26H,6-9,11,20H2,1-3H3,(H,21,22)(H,23,24). The largest absolute Gasteiger partial charge is 0.494 e. The molecule has 152 valence electrons. The molecule has 0 aromatic heterocycles. The van der Waals surface area contributed by atoms with Gasteiger partial charge in [-0.3, -0.25) is 4.79 Å². The highest BCUT2D eigenvalue weighted by Crippen LogP contribution is 2.25. The normalized spacial score (nSPS) is 13.3. The number of nitrogens with two attached hydrogens (primary N) is 1. The number of rotatable bonds is 12. The lowest BCUT2D eigenvalue weighted by Crippen LogP contribution is -2.41. The average molecular weight is 415 g/mol. The second kappa shape index (κ2) is 12.2. The van der Waals surface area contributed by atoms with Crippen molar-refractivity contribution in [3.63, 3.8) is 0 Å². The summed E-state index contributed by atoms with van der Waals surface area (Å²) >= 11 is 5.69. The van der Waals surface area contributed by atoms with Crippen LogP contribution in [0.15, 0.2) is 18.2 Å². The van der Waals surface area contributed by atoms with Crippen LogP contribution >= 0.6 is 24.4 Å². The molecule has 8 heteroatoms. The summed E-state index contributed by atoms with van der Waals surface area (Å²) in [5.74, 6) is 0.485. The number of aliphatic carboxylic acids is 1. The Morgan fingerprint density at radius 2 is 2.04 bits per heavy atom. The van der Waals surface area contributed by atoms with E-state index in [0.717, 1.165) is 5.56 Å². The first-order valence-corrected chi connectivity index (χ1v) is 11.0. The molecule has 0 bridgehead atoms. The number of ether oxygens (including phenoxy) is 1. The molecular weight excluding hydrogens is 384 g/mol. The molecule has 1 rings (SSSR count). The fourth-order valence-electron chi connectivity index (χ4n) is 2.47. The number of carbonyl (C=O) groups is 2. The SMILES string of the molecule is CSCCC(NC(=O)c1cc(OCCC(N)CS)ccc1C(C)C)C(=O)O. The molecule has 0 aliphatic heterocycles. The third kappa shape index (κ3) is 8.02. The van der Waals surface area contributed by atoms with E-state index in [9.17, 15) is 14.7 Å². The Morgan fingerprint density at radius 3 is 2.59 bits per heavy atom. The fraction of sp³-hybridized carbons (Fsp3) is 0.579. The predicted molar refractivity (Wildman–Crippen MR) is 114 cm³/mol. The van der Waals surface area contributed by atoms with Crippen LogP contribution in [0.1, 0.15) is 48.5 Å². The van der Waals surface area contributed by atoms with Crippen LogP contribution in [0, 0.1) is 0 Å². The molecule has 0 spiro atoms. The van der Waals surface area contributed by atoms with Crippen molar-refractivity contribution in [2.75, 3.05) is 24.4 Å². The zero-order chi connectivity index (χ0) is 20.4. The molecule has 0 radical (unpaired) electrons. The minimum absolute atomic E-state index is 0.0428. The molecule has 6 nitrogen and oxygen atoms in total. The summed E-state index contributed by atoms with van der Waals surface area (Å²) in [5.41, 5.74) is 7.11. The number of amides is 1. The Bertz CT molecular complexity index is 626. The molecule has 0 saturated carbocycles. The minimum Gasteiger partial charge on any atom is -0.494 e. The van der Waals surface area contributed by atoms with Gasteiger partial charge >= 0.3 is 5.97 Å². The number of carboxylic acids is 1. The Morgan fingerprint density at radius 1 is 1.33 bits per heavy atom. The molecule has 0 aliphatic carbocycles. The summed E-state index contributed by atoms with van der Waals surface area (Å²) in [6.45, 7) is 4.40. The van der Waals surface area contributed by atoms with Crippen LogP contribution in [0.4, 0.5) is 0 Å². The fourth-order valence-corrected chi connectivity index (χ4v) is 3.13. The zero-order valence-corrected chi connectivity index (χ0v) is 17.8. The number of carboxylic acid groups (broad SMARTS) is 1. The maximum absolute atomic E-state index is 12.8. The lowest BCUT2D eigenvalue weighted by molar-refractivity contribution is -0.139. The van der Waals surface area contributed by atoms with Crippen molar-refractivity contribution >= 4 is 36.3 Å². The Labute approximate surface area is 171 Å². The zero-order valence-electron chi connectivity index (χ0n) is 16.1. The molecule has 4 N–H and O–H groups in total. The molecule has 2 atom stereocenters. The lowest BCUT2D eigenvalue weighted by Gasteiger charge is -2.18. The predicted octanol–water partition coefficient (Wildman–Crippen LogP) is 2.77. The first kappa shape index (κ1) is 23.7. The van der Waals surface area contributed by atoms with Crippen molar-refractivity contribution in [2.24, 2.45) is 5.73 Å². The van der Waals surface area contributed by atoms with Crippen molar-refractivity contribution < 1.29 is 19.4 Å². The van der Waals surface area contributed by atoms with Gasteiger partial charge < -0.3 is 20.9 Å². The van der Waals surface area contributed by atoms with Crippen LogP contribution in [0.3, 0.4) is 0 Å². The lowest BCUT2D eigenvalue weighted by atomic mass is 9.96. The van der Waals surface area contributed by atoms with Gasteiger partial charge in [0.05, 0.1) is 6.61 Å². The third-order valence-corrected chi connectivity index (χ3v) is 5.21. The highest BCUT2D eigenvalue weighted by molar-refractivity contribution is 7.98. The van der Waals surface area contributed by atoms with E-state index in [-0.39, 0.29) is 12.0 Å². The Hall–Kier alpha value is -1.38. The third-order valence-electron chi connectivity index (χ3n) is 4.10. The number of hydrogen-bond acceptors (Lipinski definition) is 6. The molecule has 1 aromatic rings.